The van der Waals surface area contributed by atoms with E-state index in [9.17, 15) is 0 Å². The highest BCUT2D eigenvalue weighted by molar-refractivity contribution is 6.12. The van der Waals surface area contributed by atoms with Gasteiger partial charge in [-0.25, -0.2) is 0 Å². The van der Waals surface area contributed by atoms with Gasteiger partial charge < -0.3 is 14.0 Å². The van der Waals surface area contributed by atoms with Gasteiger partial charge in [0.15, 0.2) is 0 Å². The third-order valence-electron chi connectivity index (χ3n) is 22.3. The van der Waals surface area contributed by atoms with Gasteiger partial charge in [0.2, 0.25) is 0 Å². The third-order valence-corrected chi connectivity index (χ3v) is 22.3. The SMILES string of the molecule is CC(CC(c1ccc(-c2ccc3c(c2)C2(c4ccccc4-3)c3ccccc3-c3ccc(-n4c5ccccc5c5ccc(-c6cccc(N(c7ccc(-c8ccccc8)cc7)c7ccc8c9ccccc9n(-c9ccccc9)c8c7)c6)cc54)cc32)cc1)C(C)C(C)(C)C)C(C)(C)C. The molecule has 4 unspecified atom stereocenters. The van der Waals surface area contributed by atoms with Crippen LogP contribution in [0, 0.1) is 22.7 Å². The summed E-state index contributed by atoms with van der Waals surface area (Å²) in [6.07, 6.45) is 1.17. The number of benzene rings is 13. The topological polar surface area (TPSA) is 13.1 Å². The van der Waals surface area contributed by atoms with Crippen LogP contribution in [-0.4, -0.2) is 9.13 Å². The molecule has 0 fully saturated rings. The first-order chi connectivity index (χ1) is 46.7. The molecule has 17 rings (SSSR count). The number of anilines is 3. The summed E-state index contributed by atoms with van der Waals surface area (Å²) >= 11 is 0. The maximum Gasteiger partial charge on any atom is 0.0726 e. The summed E-state index contributed by atoms with van der Waals surface area (Å²) in [5, 5.41) is 4.91. The first-order valence-corrected chi connectivity index (χ1v) is 34.5. The van der Waals surface area contributed by atoms with Crippen molar-refractivity contribution in [1.82, 2.24) is 9.13 Å². The van der Waals surface area contributed by atoms with Crippen LogP contribution in [0.25, 0.3) is 111 Å². The molecule has 0 aliphatic heterocycles. The summed E-state index contributed by atoms with van der Waals surface area (Å²) in [7, 11) is 0. The summed E-state index contributed by atoms with van der Waals surface area (Å²) in [4.78, 5) is 2.43. The molecule has 0 bridgehead atoms. The molecule has 96 heavy (non-hydrogen) atoms. The molecule has 2 aliphatic rings. The van der Waals surface area contributed by atoms with Crippen LogP contribution in [0.1, 0.15) is 95.5 Å². The number of hydrogen-bond donors (Lipinski definition) is 0. The quantitative estimate of drug-likeness (QED) is 0.119. The molecular weight excluding hydrogens is 1160 g/mol. The van der Waals surface area contributed by atoms with Crippen LogP contribution in [0.3, 0.4) is 0 Å². The lowest BCUT2D eigenvalue weighted by atomic mass is 9.66. The zero-order chi connectivity index (χ0) is 65.2. The first-order valence-electron chi connectivity index (χ1n) is 34.5. The van der Waals surface area contributed by atoms with Gasteiger partial charge >= 0.3 is 0 Å². The fraction of sp³-hybridized carbons (Fsp3) is 0.161. The van der Waals surface area contributed by atoms with Crippen LogP contribution < -0.4 is 4.90 Å². The van der Waals surface area contributed by atoms with Crippen molar-refractivity contribution in [3.8, 4) is 67.0 Å². The van der Waals surface area contributed by atoms with E-state index in [0.717, 1.165) is 45.1 Å². The Morgan fingerprint density at radius 1 is 0.312 bits per heavy atom. The van der Waals surface area contributed by atoms with E-state index in [4.69, 9.17) is 0 Å². The average Bonchev–Trinajstić information content (AvgIpc) is 1.51. The smallest absolute Gasteiger partial charge is 0.0726 e. The van der Waals surface area contributed by atoms with Gasteiger partial charge in [0.1, 0.15) is 0 Å². The Morgan fingerprint density at radius 3 is 1.42 bits per heavy atom. The highest BCUT2D eigenvalue weighted by Crippen LogP contribution is 2.64. The Labute approximate surface area is 565 Å². The maximum atomic E-state index is 2.55. The Balaban J connectivity index is 0.798. The Kier molecular flexibility index (Phi) is 14.0. The second kappa shape index (κ2) is 22.7. The normalized spacial score (nSPS) is 15.0. The summed E-state index contributed by atoms with van der Waals surface area (Å²) in [6, 6.07) is 114. The van der Waals surface area contributed by atoms with Crippen LogP contribution in [-0.2, 0) is 5.41 Å². The molecule has 0 radical (unpaired) electrons. The van der Waals surface area contributed by atoms with Gasteiger partial charge in [0, 0.05) is 50.0 Å². The Morgan fingerprint density at radius 2 is 0.760 bits per heavy atom. The fourth-order valence-electron chi connectivity index (χ4n) is 16.4. The molecule has 0 saturated carbocycles. The van der Waals surface area contributed by atoms with E-state index in [1.165, 1.54) is 117 Å². The molecule has 0 saturated heterocycles. The second-order valence-corrected chi connectivity index (χ2v) is 29.5. The molecule has 2 heterocycles. The van der Waals surface area contributed by atoms with Gasteiger partial charge in [0.25, 0.3) is 0 Å². The lowest BCUT2D eigenvalue weighted by Gasteiger charge is -2.39. The minimum absolute atomic E-state index is 0.184. The molecule has 3 heteroatoms. The number of fused-ring (bicyclic) bond motifs is 16. The van der Waals surface area contributed by atoms with E-state index >= 15 is 0 Å². The van der Waals surface area contributed by atoms with Crippen LogP contribution in [0.4, 0.5) is 17.1 Å². The molecule has 13 aromatic carbocycles. The molecule has 2 aromatic heterocycles. The van der Waals surface area contributed by atoms with Gasteiger partial charge in [0.05, 0.1) is 27.5 Å². The summed E-state index contributed by atoms with van der Waals surface area (Å²) in [5.41, 5.74) is 29.2. The third kappa shape index (κ3) is 9.52. The molecule has 1 spiro atoms. The van der Waals surface area contributed by atoms with Crippen LogP contribution in [0.15, 0.2) is 303 Å². The standard InChI is InChI=1S/C93H79N3/c1-60(91(3,4)5)54-82(61(2)92(6,7)8)65-40-38-64(39-41-65)67-44-50-76-74-30-15-19-34-83(74)93(85(76)56-67)84-35-20-16-31-75(84)77-52-48-72(58-86(77)93)96-88-37-22-18-32-78(88)80-51-45-68(57-89(80)96)66-26-23-29-71(55-66)94(70-46-42-63(43-47-70)62-24-11-9-12-25-62)73-49-53-81-79-33-17-21-36-87(79)95(90(81)59-73)69-27-13-10-14-28-69/h9-53,55-61,82H,54H2,1-8H3. The number of para-hydroxylation sites is 3. The second-order valence-electron chi connectivity index (χ2n) is 29.5. The van der Waals surface area contributed by atoms with Gasteiger partial charge in [-0.3, -0.25) is 0 Å². The zero-order valence-corrected chi connectivity index (χ0v) is 56.1. The predicted molar refractivity (Wildman–Crippen MR) is 407 cm³/mol. The predicted octanol–water partition coefficient (Wildman–Crippen LogP) is 25.5. The zero-order valence-electron chi connectivity index (χ0n) is 56.1. The summed E-state index contributed by atoms with van der Waals surface area (Å²) in [6.45, 7) is 19.4. The van der Waals surface area contributed by atoms with Crippen molar-refractivity contribution in [2.24, 2.45) is 22.7 Å². The van der Waals surface area contributed by atoms with E-state index < -0.39 is 5.41 Å². The highest BCUT2D eigenvalue weighted by atomic mass is 15.1. The lowest BCUT2D eigenvalue weighted by Crippen LogP contribution is -2.28. The monoisotopic (exact) mass is 1240 g/mol. The van der Waals surface area contributed by atoms with Crippen LogP contribution in [0.5, 0.6) is 0 Å². The van der Waals surface area contributed by atoms with Crippen molar-refractivity contribution in [1.29, 1.82) is 0 Å². The molecule has 4 atom stereocenters. The number of nitrogens with zero attached hydrogens (tertiary/aromatic N) is 3. The fourth-order valence-corrected chi connectivity index (χ4v) is 16.4. The Bertz CT molecular complexity index is 5480. The molecule has 0 amide bonds. The van der Waals surface area contributed by atoms with Crippen molar-refractivity contribution in [3.05, 3.63) is 331 Å². The maximum absolute atomic E-state index is 2.55. The van der Waals surface area contributed by atoms with Gasteiger partial charge in [-0.05, 0) is 203 Å². The van der Waals surface area contributed by atoms with E-state index in [1.54, 1.807) is 0 Å². The Hall–Kier alpha value is -10.7. The molecular formula is C93H79N3. The van der Waals surface area contributed by atoms with Gasteiger partial charge in [-0.1, -0.05) is 274 Å². The summed E-state index contributed by atoms with van der Waals surface area (Å²) < 4.78 is 4.95. The van der Waals surface area contributed by atoms with Gasteiger partial charge in [-0.15, -0.1) is 0 Å². The number of aromatic nitrogens is 2. The highest BCUT2D eigenvalue weighted by Gasteiger charge is 2.52. The van der Waals surface area contributed by atoms with E-state index in [0.29, 0.717) is 17.8 Å². The molecule has 2 aliphatic carbocycles. The largest absolute Gasteiger partial charge is 0.310 e. The first kappa shape index (κ1) is 59.0. The van der Waals surface area contributed by atoms with Crippen LogP contribution >= 0.6 is 0 Å². The van der Waals surface area contributed by atoms with Crippen molar-refractivity contribution in [2.45, 2.75) is 73.1 Å². The minimum Gasteiger partial charge on any atom is -0.310 e. The molecule has 0 N–H and O–H groups in total. The average molecular weight is 1240 g/mol. The van der Waals surface area contributed by atoms with Crippen molar-refractivity contribution in [3.63, 3.8) is 0 Å². The minimum atomic E-state index is -0.555. The van der Waals surface area contributed by atoms with Crippen molar-refractivity contribution < 1.29 is 0 Å². The van der Waals surface area contributed by atoms with E-state index in [2.05, 4.69) is 373 Å². The molecule has 15 aromatic rings. The van der Waals surface area contributed by atoms with Gasteiger partial charge in [-0.2, -0.15) is 0 Å². The van der Waals surface area contributed by atoms with E-state index in [-0.39, 0.29) is 10.8 Å². The van der Waals surface area contributed by atoms with Crippen molar-refractivity contribution in [2.75, 3.05) is 4.90 Å². The van der Waals surface area contributed by atoms with Crippen molar-refractivity contribution >= 4 is 60.7 Å². The molecule has 466 valence electrons. The number of hydrogen-bond acceptors (Lipinski definition) is 1. The number of rotatable bonds is 12. The van der Waals surface area contributed by atoms with Crippen LogP contribution in [0.2, 0.25) is 0 Å². The lowest BCUT2D eigenvalue weighted by molar-refractivity contribution is 0.163. The molecule has 3 nitrogen and oxygen atoms in total. The summed E-state index contributed by atoms with van der Waals surface area (Å²) in [5.74, 6) is 1.56. The van der Waals surface area contributed by atoms with E-state index in [1.807, 2.05) is 0 Å².